The summed E-state index contributed by atoms with van der Waals surface area (Å²) in [6, 6.07) is 16.3. The topological polar surface area (TPSA) is 41.6 Å². The van der Waals surface area contributed by atoms with Crippen LogP contribution in [0.5, 0.6) is 5.75 Å². The van der Waals surface area contributed by atoms with Gasteiger partial charge in [0.15, 0.2) is 0 Å². The molecular formula is C22H27BrN2O2. The van der Waals surface area contributed by atoms with Crippen LogP contribution in [-0.4, -0.2) is 30.5 Å². The number of para-hydroxylation sites is 1. The first-order valence-corrected chi connectivity index (χ1v) is 10.4. The second kappa shape index (κ2) is 9.90. The lowest BCUT2D eigenvalue weighted by Gasteiger charge is -2.31. The molecule has 3 rings (SSSR count). The van der Waals surface area contributed by atoms with Gasteiger partial charge >= 0.3 is 0 Å². The standard InChI is InChI=1S/C22H27BrN2O2/c1-2-27-21-6-4-3-5-19(21)15-24-22(26)18-11-13-25(14-12-18)16-17-7-9-20(23)10-8-17/h3-10,18H,2,11-16H2,1H3,(H,24,26). The van der Waals surface area contributed by atoms with Gasteiger partial charge in [-0.25, -0.2) is 0 Å². The lowest BCUT2D eigenvalue weighted by molar-refractivity contribution is -0.126. The Hall–Kier alpha value is -1.85. The van der Waals surface area contributed by atoms with Gasteiger partial charge in [0, 0.05) is 29.0 Å². The van der Waals surface area contributed by atoms with Crippen LogP contribution in [0, 0.1) is 5.92 Å². The molecule has 1 amide bonds. The molecule has 0 atom stereocenters. The Morgan fingerprint density at radius 3 is 2.56 bits per heavy atom. The van der Waals surface area contributed by atoms with Crippen molar-refractivity contribution in [3.05, 3.63) is 64.1 Å². The van der Waals surface area contributed by atoms with Gasteiger partial charge in [0.2, 0.25) is 5.91 Å². The van der Waals surface area contributed by atoms with Gasteiger partial charge in [0.25, 0.3) is 0 Å². The SMILES string of the molecule is CCOc1ccccc1CNC(=O)C1CCN(Cc2ccc(Br)cc2)CC1. The molecule has 1 heterocycles. The predicted molar refractivity (Wildman–Crippen MR) is 112 cm³/mol. The maximum Gasteiger partial charge on any atom is 0.223 e. The van der Waals surface area contributed by atoms with E-state index in [1.807, 2.05) is 31.2 Å². The number of benzene rings is 2. The fourth-order valence-corrected chi connectivity index (χ4v) is 3.74. The largest absolute Gasteiger partial charge is 0.494 e. The molecule has 0 saturated carbocycles. The zero-order valence-electron chi connectivity index (χ0n) is 15.8. The first-order valence-electron chi connectivity index (χ1n) is 9.61. The van der Waals surface area contributed by atoms with E-state index in [9.17, 15) is 4.79 Å². The minimum absolute atomic E-state index is 0.102. The van der Waals surface area contributed by atoms with Crippen LogP contribution in [0.2, 0.25) is 0 Å². The summed E-state index contributed by atoms with van der Waals surface area (Å²) in [7, 11) is 0. The van der Waals surface area contributed by atoms with Gasteiger partial charge in [-0.1, -0.05) is 46.3 Å². The number of ether oxygens (including phenoxy) is 1. The van der Waals surface area contributed by atoms with Crippen molar-refractivity contribution in [3.8, 4) is 5.75 Å². The summed E-state index contributed by atoms with van der Waals surface area (Å²) in [5.41, 5.74) is 2.34. The van der Waals surface area contributed by atoms with Crippen LogP contribution >= 0.6 is 15.9 Å². The summed E-state index contributed by atoms with van der Waals surface area (Å²) in [5, 5.41) is 3.10. The maximum atomic E-state index is 12.6. The molecule has 2 aromatic rings. The highest BCUT2D eigenvalue weighted by atomic mass is 79.9. The summed E-state index contributed by atoms with van der Waals surface area (Å²) >= 11 is 3.47. The highest BCUT2D eigenvalue weighted by Crippen LogP contribution is 2.21. The van der Waals surface area contributed by atoms with Gasteiger partial charge in [0.1, 0.15) is 5.75 Å². The average Bonchev–Trinajstić information content (AvgIpc) is 2.70. The third kappa shape index (κ3) is 5.81. The fraction of sp³-hybridized carbons (Fsp3) is 0.409. The summed E-state index contributed by atoms with van der Waals surface area (Å²) in [4.78, 5) is 15.0. The molecule has 4 nitrogen and oxygen atoms in total. The maximum absolute atomic E-state index is 12.6. The summed E-state index contributed by atoms with van der Waals surface area (Å²) in [6.07, 6.45) is 1.82. The smallest absolute Gasteiger partial charge is 0.223 e. The molecular weight excluding hydrogens is 404 g/mol. The number of nitrogens with one attached hydrogen (secondary N) is 1. The minimum atomic E-state index is 0.102. The molecule has 0 bridgehead atoms. The highest BCUT2D eigenvalue weighted by Gasteiger charge is 2.24. The zero-order chi connectivity index (χ0) is 19.1. The lowest BCUT2D eigenvalue weighted by atomic mass is 9.95. The van der Waals surface area contributed by atoms with Crippen molar-refractivity contribution in [2.45, 2.75) is 32.9 Å². The van der Waals surface area contributed by atoms with Gasteiger partial charge < -0.3 is 10.1 Å². The first kappa shape index (κ1) is 19.9. The summed E-state index contributed by atoms with van der Waals surface area (Å²) in [6.45, 7) is 5.99. The Labute approximate surface area is 170 Å². The third-order valence-corrected chi connectivity index (χ3v) is 5.53. The van der Waals surface area contributed by atoms with Gasteiger partial charge in [-0.3, -0.25) is 9.69 Å². The quantitative estimate of drug-likeness (QED) is 0.708. The number of piperidine rings is 1. The lowest BCUT2D eigenvalue weighted by Crippen LogP contribution is -2.40. The van der Waals surface area contributed by atoms with Gasteiger partial charge in [-0.05, 0) is 56.6 Å². The molecule has 0 radical (unpaired) electrons. The Balaban J connectivity index is 1.45. The minimum Gasteiger partial charge on any atom is -0.494 e. The first-order chi connectivity index (χ1) is 13.2. The monoisotopic (exact) mass is 430 g/mol. The van der Waals surface area contributed by atoms with E-state index in [4.69, 9.17) is 4.74 Å². The van der Waals surface area contributed by atoms with E-state index < -0.39 is 0 Å². The second-order valence-electron chi connectivity index (χ2n) is 6.94. The van der Waals surface area contributed by atoms with Crippen LogP contribution < -0.4 is 10.1 Å². The molecule has 0 aliphatic carbocycles. The number of nitrogens with zero attached hydrogens (tertiary/aromatic N) is 1. The van der Waals surface area contributed by atoms with Crippen molar-refractivity contribution in [2.75, 3.05) is 19.7 Å². The Morgan fingerprint density at radius 2 is 1.85 bits per heavy atom. The van der Waals surface area contributed by atoms with Crippen LogP contribution in [0.4, 0.5) is 0 Å². The van der Waals surface area contributed by atoms with E-state index in [0.717, 1.165) is 48.3 Å². The predicted octanol–water partition coefficient (Wildman–Crippen LogP) is 4.38. The number of rotatable bonds is 7. The van der Waals surface area contributed by atoms with Gasteiger partial charge in [0.05, 0.1) is 6.61 Å². The number of carbonyl (C=O) groups is 1. The van der Waals surface area contributed by atoms with E-state index >= 15 is 0 Å². The molecule has 0 spiro atoms. The Bertz CT molecular complexity index is 740. The van der Waals surface area contributed by atoms with Gasteiger partial charge in [-0.15, -0.1) is 0 Å². The number of carbonyl (C=O) groups excluding carboxylic acids is 1. The summed E-state index contributed by atoms with van der Waals surface area (Å²) in [5.74, 6) is 1.11. The Morgan fingerprint density at radius 1 is 1.15 bits per heavy atom. The van der Waals surface area contributed by atoms with Crippen molar-refractivity contribution >= 4 is 21.8 Å². The average molecular weight is 431 g/mol. The van der Waals surface area contributed by atoms with Crippen LogP contribution in [0.1, 0.15) is 30.9 Å². The number of hydrogen-bond acceptors (Lipinski definition) is 3. The van der Waals surface area contributed by atoms with E-state index in [0.29, 0.717) is 13.2 Å². The van der Waals surface area contributed by atoms with Crippen molar-refractivity contribution in [1.82, 2.24) is 10.2 Å². The van der Waals surface area contributed by atoms with Crippen LogP contribution in [0.3, 0.4) is 0 Å². The number of halogens is 1. The van der Waals surface area contributed by atoms with E-state index in [2.05, 4.69) is 50.4 Å². The van der Waals surface area contributed by atoms with Crippen LogP contribution in [-0.2, 0) is 17.9 Å². The van der Waals surface area contributed by atoms with Crippen molar-refractivity contribution < 1.29 is 9.53 Å². The van der Waals surface area contributed by atoms with Crippen molar-refractivity contribution in [1.29, 1.82) is 0 Å². The molecule has 1 N–H and O–H groups in total. The van der Waals surface area contributed by atoms with E-state index in [1.54, 1.807) is 0 Å². The van der Waals surface area contributed by atoms with E-state index in [-0.39, 0.29) is 11.8 Å². The summed E-state index contributed by atoms with van der Waals surface area (Å²) < 4.78 is 6.74. The van der Waals surface area contributed by atoms with Crippen LogP contribution in [0.25, 0.3) is 0 Å². The fourth-order valence-electron chi connectivity index (χ4n) is 3.47. The second-order valence-corrected chi connectivity index (χ2v) is 7.85. The molecule has 27 heavy (non-hydrogen) atoms. The highest BCUT2D eigenvalue weighted by molar-refractivity contribution is 9.10. The number of likely N-dealkylation sites (tertiary alicyclic amines) is 1. The molecule has 1 aliphatic rings. The number of amides is 1. The molecule has 2 aromatic carbocycles. The normalized spacial score (nSPS) is 15.5. The third-order valence-electron chi connectivity index (χ3n) is 5.00. The molecule has 1 fully saturated rings. The Kier molecular flexibility index (Phi) is 7.30. The molecule has 0 aromatic heterocycles. The molecule has 1 saturated heterocycles. The van der Waals surface area contributed by atoms with Crippen molar-refractivity contribution in [2.24, 2.45) is 5.92 Å². The van der Waals surface area contributed by atoms with Gasteiger partial charge in [-0.2, -0.15) is 0 Å². The molecule has 0 unspecified atom stereocenters. The van der Waals surface area contributed by atoms with E-state index in [1.165, 1.54) is 5.56 Å². The molecule has 1 aliphatic heterocycles. The molecule has 144 valence electrons. The zero-order valence-corrected chi connectivity index (χ0v) is 17.4. The van der Waals surface area contributed by atoms with Crippen molar-refractivity contribution in [3.63, 3.8) is 0 Å². The van der Waals surface area contributed by atoms with Crippen LogP contribution in [0.15, 0.2) is 53.0 Å². The molecule has 5 heteroatoms. The number of hydrogen-bond donors (Lipinski definition) is 1.